The second-order valence-electron chi connectivity index (χ2n) is 5.30. The van der Waals surface area contributed by atoms with Crippen molar-refractivity contribution in [3.8, 4) is 0 Å². The first-order valence-electron chi connectivity index (χ1n) is 6.04. The fourth-order valence-corrected chi connectivity index (χ4v) is 1.58. The van der Waals surface area contributed by atoms with Gasteiger partial charge >= 0.3 is 0 Å². The quantitative estimate of drug-likeness (QED) is 0.554. The minimum atomic E-state index is 1.16. The molecule has 0 aliphatic heterocycles. The van der Waals surface area contributed by atoms with Crippen molar-refractivity contribution >= 4 is 0 Å². The molecule has 0 radical (unpaired) electrons. The van der Waals surface area contributed by atoms with E-state index in [1.54, 1.807) is 0 Å². The Kier molecular flexibility index (Phi) is 5.68. The van der Waals surface area contributed by atoms with Crippen LogP contribution in [0.25, 0.3) is 0 Å². The van der Waals surface area contributed by atoms with Gasteiger partial charge in [-0.05, 0) is 20.8 Å². The van der Waals surface area contributed by atoms with Crippen LogP contribution in [0.3, 0.4) is 0 Å². The second-order valence-corrected chi connectivity index (χ2v) is 5.30. The molecule has 0 aliphatic rings. The Morgan fingerprint density at radius 3 is 1.57 bits per heavy atom. The Hall–Kier alpha value is -0.0800. The molecule has 0 aromatic heterocycles. The van der Waals surface area contributed by atoms with Crippen molar-refractivity contribution in [2.45, 2.75) is 27.2 Å². The van der Waals surface area contributed by atoms with E-state index in [0.29, 0.717) is 0 Å². The molecule has 0 bridgehead atoms. The standard InChI is InChI=1S/C12H30N2/c1-7-13(4,5)11-10-12-14(6,8-2)9-3/h7-12H2,1-6H3/q+2. The van der Waals surface area contributed by atoms with Gasteiger partial charge in [0.1, 0.15) is 0 Å². The van der Waals surface area contributed by atoms with Crippen molar-refractivity contribution in [2.24, 2.45) is 0 Å². The number of quaternary nitrogens is 2. The summed E-state index contributed by atoms with van der Waals surface area (Å²) in [4.78, 5) is 0. The molecule has 2 heteroatoms. The van der Waals surface area contributed by atoms with Crippen LogP contribution in [0.2, 0.25) is 0 Å². The summed E-state index contributed by atoms with van der Waals surface area (Å²) in [5.41, 5.74) is 0. The zero-order chi connectivity index (χ0) is 11.2. The third-order valence-corrected chi connectivity index (χ3v) is 3.84. The lowest BCUT2D eigenvalue weighted by Crippen LogP contribution is -2.47. The maximum absolute atomic E-state index is 2.37. The lowest BCUT2D eigenvalue weighted by molar-refractivity contribution is -0.918. The third-order valence-electron chi connectivity index (χ3n) is 3.84. The van der Waals surface area contributed by atoms with Crippen LogP contribution >= 0.6 is 0 Å². The van der Waals surface area contributed by atoms with E-state index in [-0.39, 0.29) is 0 Å². The van der Waals surface area contributed by atoms with E-state index < -0.39 is 0 Å². The summed E-state index contributed by atoms with van der Waals surface area (Å²) in [5.74, 6) is 0. The van der Waals surface area contributed by atoms with Crippen LogP contribution in [0.1, 0.15) is 27.2 Å². The SMILES string of the molecule is CC[N+](C)(C)CCC[N+](C)(CC)CC. The Labute approximate surface area is 90.7 Å². The van der Waals surface area contributed by atoms with E-state index in [1.807, 2.05) is 0 Å². The minimum Gasteiger partial charge on any atom is -0.329 e. The predicted molar refractivity (Wildman–Crippen MR) is 64.3 cm³/mol. The van der Waals surface area contributed by atoms with Crippen LogP contribution in [0.5, 0.6) is 0 Å². The zero-order valence-electron chi connectivity index (χ0n) is 11.1. The molecule has 14 heavy (non-hydrogen) atoms. The van der Waals surface area contributed by atoms with Gasteiger partial charge in [-0.15, -0.1) is 0 Å². The normalized spacial score (nSPS) is 13.3. The molecule has 0 N–H and O–H groups in total. The van der Waals surface area contributed by atoms with Gasteiger partial charge in [0.2, 0.25) is 0 Å². The summed E-state index contributed by atoms with van der Waals surface area (Å²) in [7, 11) is 7.01. The van der Waals surface area contributed by atoms with E-state index >= 15 is 0 Å². The Balaban J connectivity index is 3.83. The van der Waals surface area contributed by atoms with Gasteiger partial charge in [0.25, 0.3) is 0 Å². The van der Waals surface area contributed by atoms with Gasteiger partial charge < -0.3 is 8.97 Å². The maximum atomic E-state index is 2.37. The molecule has 0 saturated heterocycles. The van der Waals surface area contributed by atoms with Gasteiger partial charge in [0.15, 0.2) is 0 Å². The van der Waals surface area contributed by atoms with E-state index in [9.17, 15) is 0 Å². The van der Waals surface area contributed by atoms with Crippen molar-refractivity contribution < 1.29 is 8.97 Å². The van der Waals surface area contributed by atoms with Crippen molar-refractivity contribution in [2.75, 3.05) is 53.9 Å². The minimum absolute atomic E-state index is 1.16. The first-order valence-corrected chi connectivity index (χ1v) is 6.04. The van der Waals surface area contributed by atoms with Gasteiger partial charge in [-0.25, -0.2) is 0 Å². The van der Waals surface area contributed by atoms with Gasteiger partial charge in [0.05, 0.1) is 53.9 Å². The maximum Gasteiger partial charge on any atom is 0.0838 e. The average molecular weight is 202 g/mol. The van der Waals surface area contributed by atoms with Crippen molar-refractivity contribution in [3.63, 3.8) is 0 Å². The largest absolute Gasteiger partial charge is 0.329 e. The molecule has 0 aromatic carbocycles. The van der Waals surface area contributed by atoms with Crippen LogP contribution in [-0.4, -0.2) is 62.8 Å². The van der Waals surface area contributed by atoms with Crippen LogP contribution in [0, 0.1) is 0 Å². The Bertz CT molecular complexity index is 148. The molecule has 2 nitrogen and oxygen atoms in total. The number of rotatable bonds is 7. The van der Waals surface area contributed by atoms with E-state index in [0.717, 1.165) is 4.48 Å². The molecule has 0 atom stereocenters. The van der Waals surface area contributed by atoms with Crippen LogP contribution in [-0.2, 0) is 0 Å². The monoisotopic (exact) mass is 202 g/mol. The van der Waals surface area contributed by atoms with E-state index in [1.165, 1.54) is 43.6 Å². The molecule has 0 spiro atoms. The summed E-state index contributed by atoms with van der Waals surface area (Å²) in [6.07, 6.45) is 1.35. The van der Waals surface area contributed by atoms with E-state index in [4.69, 9.17) is 0 Å². The highest BCUT2D eigenvalue weighted by molar-refractivity contribution is 4.38. The summed E-state index contributed by atoms with van der Waals surface area (Å²) in [5, 5.41) is 0. The molecule has 0 heterocycles. The molecule has 86 valence electrons. The molecule has 0 aromatic rings. The highest BCUT2D eigenvalue weighted by Gasteiger charge is 2.18. The molecule has 0 amide bonds. The van der Waals surface area contributed by atoms with Gasteiger partial charge in [0, 0.05) is 6.42 Å². The molecule has 0 fully saturated rings. The molecular weight excluding hydrogens is 172 g/mol. The van der Waals surface area contributed by atoms with Gasteiger partial charge in [-0.1, -0.05) is 0 Å². The van der Waals surface area contributed by atoms with Gasteiger partial charge in [-0.2, -0.15) is 0 Å². The summed E-state index contributed by atoms with van der Waals surface area (Å²) in [6, 6.07) is 0. The average Bonchev–Trinajstić information content (AvgIpc) is 2.17. The summed E-state index contributed by atoms with van der Waals surface area (Å²) in [6.45, 7) is 13.3. The summed E-state index contributed by atoms with van der Waals surface area (Å²) < 4.78 is 2.39. The predicted octanol–water partition coefficient (Wildman–Crippen LogP) is 1.96. The second kappa shape index (κ2) is 5.72. The molecule has 0 aliphatic carbocycles. The molecule has 0 unspecified atom stereocenters. The smallest absolute Gasteiger partial charge is 0.0838 e. The highest BCUT2D eigenvalue weighted by atomic mass is 15.3. The molecular formula is C12H30N2+2. The fourth-order valence-electron chi connectivity index (χ4n) is 1.58. The van der Waals surface area contributed by atoms with Gasteiger partial charge in [-0.3, -0.25) is 0 Å². The fraction of sp³-hybridized carbons (Fsp3) is 1.00. The van der Waals surface area contributed by atoms with Crippen LogP contribution in [0.4, 0.5) is 0 Å². The first kappa shape index (κ1) is 13.9. The Morgan fingerprint density at radius 2 is 1.21 bits per heavy atom. The highest BCUT2D eigenvalue weighted by Crippen LogP contribution is 2.05. The third kappa shape index (κ3) is 4.97. The zero-order valence-corrected chi connectivity index (χ0v) is 11.1. The van der Waals surface area contributed by atoms with E-state index in [2.05, 4.69) is 41.9 Å². The van der Waals surface area contributed by atoms with Crippen LogP contribution < -0.4 is 0 Å². The molecule has 0 rings (SSSR count). The van der Waals surface area contributed by atoms with Crippen molar-refractivity contribution in [3.05, 3.63) is 0 Å². The first-order chi connectivity index (χ1) is 6.39. The lowest BCUT2D eigenvalue weighted by Gasteiger charge is -2.34. The Morgan fingerprint density at radius 1 is 0.714 bits per heavy atom. The van der Waals surface area contributed by atoms with Crippen LogP contribution in [0.15, 0.2) is 0 Å². The topological polar surface area (TPSA) is 0 Å². The number of hydrogen-bond acceptors (Lipinski definition) is 0. The summed E-state index contributed by atoms with van der Waals surface area (Å²) >= 11 is 0. The number of hydrogen-bond donors (Lipinski definition) is 0. The number of nitrogens with zero attached hydrogens (tertiary/aromatic N) is 2. The lowest BCUT2D eigenvalue weighted by atomic mass is 10.3. The van der Waals surface area contributed by atoms with Crippen molar-refractivity contribution in [1.29, 1.82) is 0 Å². The molecule has 0 saturated carbocycles. The van der Waals surface area contributed by atoms with Crippen molar-refractivity contribution in [1.82, 2.24) is 0 Å².